The normalized spacial score (nSPS) is 11.7. The molecule has 3 rings (SSSR count). The zero-order chi connectivity index (χ0) is 21.0. The van der Waals surface area contributed by atoms with Crippen LogP contribution in [0.1, 0.15) is 44.7 Å². The van der Waals surface area contributed by atoms with Crippen molar-refractivity contribution in [3.05, 3.63) is 64.7 Å². The highest BCUT2D eigenvalue weighted by molar-refractivity contribution is 6.31. The van der Waals surface area contributed by atoms with Gasteiger partial charge >= 0.3 is 0 Å². The molecule has 0 aliphatic carbocycles. The number of halogens is 1. The molecule has 1 aromatic heterocycles. The lowest BCUT2D eigenvalue weighted by Crippen LogP contribution is -2.39. The van der Waals surface area contributed by atoms with E-state index in [1.165, 1.54) is 10.4 Å². The third kappa shape index (κ3) is 5.21. The standard InChI is InChI=1S/C22H26ClN5O/c1-15(2)16-9-11-17(12-10-16)20-25-27-28(26-20)14-22(3,4)21(29)24-13-18-7-5-6-8-19(18)23/h5-12,15H,13-14H2,1-4H3,(H,24,29). The van der Waals surface area contributed by atoms with Crippen LogP contribution in [0.3, 0.4) is 0 Å². The Morgan fingerprint density at radius 2 is 1.83 bits per heavy atom. The molecule has 1 heterocycles. The monoisotopic (exact) mass is 411 g/mol. The molecule has 0 radical (unpaired) electrons. The van der Waals surface area contributed by atoms with Gasteiger partial charge in [-0.1, -0.05) is 67.9 Å². The Morgan fingerprint density at radius 3 is 2.48 bits per heavy atom. The number of benzene rings is 2. The van der Waals surface area contributed by atoms with Crippen LogP contribution in [0.4, 0.5) is 0 Å². The van der Waals surface area contributed by atoms with E-state index >= 15 is 0 Å². The maximum Gasteiger partial charge on any atom is 0.227 e. The number of nitrogens with zero attached hydrogens (tertiary/aromatic N) is 4. The van der Waals surface area contributed by atoms with Gasteiger partial charge in [-0.25, -0.2) is 0 Å². The Hall–Kier alpha value is -2.73. The number of nitrogens with one attached hydrogen (secondary N) is 1. The first-order valence-corrected chi connectivity index (χ1v) is 10.0. The quantitative estimate of drug-likeness (QED) is 0.623. The van der Waals surface area contributed by atoms with Crippen LogP contribution in [0.2, 0.25) is 5.02 Å². The highest BCUT2D eigenvalue weighted by Gasteiger charge is 2.29. The van der Waals surface area contributed by atoms with E-state index in [2.05, 4.69) is 46.7 Å². The maximum atomic E-state index is 12.7. The molecule has 0 saturated heterocycles. The van der Waals surface area contributed by atoms with Crippen molar-refractivity contribution in [2.45, 2.75) is 46.7 Å². The number of tetrazole rings is 1. The van der Waals surface area contributed by atoms with Crippen molar-refractivity contribution in [3.8, 4) is 11.4 Å². The van der Waals surface area contributed by atoms with E-state index < -0.39 is 5.41 Å². The Labute approximate surface area is 176 Å². The fraction of sp³-hybridized carbons (Fsp3) is 0.364. The van der Waals surface area contributed by atoms with Gasteiger partial charge in [0.05, 0.1) is 12.0 Å². The number of hydrogen-bond donors (Lipinski definition) is 1. The third-order valence-corrected chi connectivity index (χ3v) is 5.21. The van der Waals surface area contributed by atoms with Crippen LogP contribution in [0.5, 0.6) is 0 Å². The molecule has 152 valence electrons. The minimum atomic E-state index is -0.708. The summed E-state index contributed by atoms with van der Waals surface area (Å²) in [5.41, 5.74) is 2.34. The van der Waals surface area contributed by atoms with E-state index in [0.29, 0.717) is 29.9 Å². The second-order valence-electron chi connectivity index (χ2n) is 8.08. The smallest absolute Gasteiger partial charge is 0.227 e. The van der Waals surface area contributed by atoms with E-state index in [1.54, 1.807) is 0 Å². The predicted molar refractivity (Wildman–Crippen MR) is 114 cm³/mol. The highest BCUT2D eigenvalue weighted by Crippen LogP contribution is 2.22. The number of hydrogen-bond acceptors (Lipinski definition) is 4. The van der Waals surface area contributed by atoms with Crippen LogP contribution in [0, 0.1) is 5.41 Å². The fourth-order valence-corrected chi connectivity index (χ4v) is 3.13. The van der Waals surface area contributed by atoms with Gasteiger partial charge in [0, 0.05) is 17.1 Å². The second-order valence-corrected chi connectivity index (χ2v) is 8.49. The van der Waals surface area contributed by atoms with Crippen LogP contribution < -0.4 is 5.32 Å². The Balaban J connectivity index is 1.64. The summed E-state index contributed by atoms with van der Waals surface area (Å²) in [6, 6.07) is 15.6. The second kappa shape index (κ2) is 8.74. The van der Waals surface area contributed by atoms with E-state index in [4.69, 9.17) is 11.6 Å². The lowest BCUT2D eigenvalue weighted by atomic mass is 9.92. The van der Waals surface area contributed by atoms with Gasteiger partial charge < -0.3 is 5.32 Å². The summed E-state index contributed by atoms with van der Waals surface area (Å²) in [7, 11) is 0. The number of rotatable bonds is 7. The summed E-state index contributed by atoms with van der Waals surface area (Å²) in [4.78, 5) is 14.2. The van der Waals surface area contributed by atoms with Gasteiger partial charge in [0.25, 0.3) is 0 Å². The fourth-order valence-electron chi connectivity index (χ4n) is 2.92. The molecule has 0 spiro atoms. The Bertz CT molecular complexity index is 979. The molecule has 0 atom stereocenters. The van der Waals surface area contributed by atoms with E-state index in [0.717, 1.165) is 11.1 Å². The summed E-state index contributed by atoms with van der Waals surface area (Å²) in [6.07, 6.45) is 0. The third-order valence-electron chi connectivity index (χ3n) is 4.84. The first kappa shape index (κ1) is 21.0. The summed E-state index contributed by atoms with van der Waals surface area (Å²) >= 11 is 6.16. The largest absolute Gasteiger partial charge is 0.351 e. The summed E-state index contributed by atoms with van der Waals surface area (Å²) in [5.74, 6) is 0.919. The molecule has 1 amide bonds. The number of aromatic nitrogens is 4. The van der Waals surface area contributed by atoms with Crippen molar-refractivity contribution in [1.82, 2.24) is 25.5 Å². The van der Waals surface area contributed by atoms with E-state index in [-0.39, 0.29) is 5.91 Å². The lowest BCUT2D eigenvalue weighted by Gasteiger charge is -2.22. The molecule has 29 heavy (non-hydrogen) atoms. The van der Waals surface area contributed by atoms with Crippen molar-refractivity contribution < 1.29 is 4.79 Å². The molecule has 1 N–H and O–H groups in total. The van der Waals surface area contributed by atoms with E-state index in [9.17, 15) is 4.79 Å². The van der Waals surface area contributed by atoms with Crippen LogP contribution in [0.15, 0.2) is 48.5 Å². The lowest BCUT2D eigenvalue weighted by molar-refractivity contribution is -0.130. The molecule has 0 aliphatic heterocycles. The molecule has 0 fully saturated rings. The van der Waals surface area contributed by atoms with Crippen LogP contribution in [-0.4, -0.2) is 26.1 Å². The molecule has 0 saturated carbocycles. The minimum Gasteiger partial charge on any atom is -0.351 e. The van der Waals surface area contributed by atoms with Gasteiger partial charge in [-0.05, 0) is 42.2 Å². The van der Waals surface area contributed by atoms with Crippen LogP contribution >= 0.6 is 11.6 Å². The van der Waals surface area contributed by atoms with Crippen molar-refractivity contribution >= 4 is 17.5 Å². The van der Waals surface area contributed by atoms with Gasteiger partial charge in [0.15, 0.2) is 0 Å². The van der Waals surface area contributed by atoms with Crippen LogP contribution in [0.25, 0.3) is 11.4 Å². The number of carbonyl (C=O) groups is 1. The summed E-state index contributed by atoms with van der Waals surface area (Å²) < 4.78 is 0. The highest BCUT2D eigenvalue weighted by atomic mass is 35.5. The zero-order valence-corrected chi connectivity index (χ0v) is 17.9. The van der Waals surface area contributed by atoms with Gasteiger partial charge in [0.1, 0.15) is 0 Å². The average Bonchev–Trinajstić information content (AvgIpc) is 3.15. The number of amides is 1. The van der Waals surface area contributed by atoms with Gasteiger partial charge in [-0.15, -0.1) is 10.2 Å². The van der Waals surface area contributed by atoms with Gasteiger partial charge in [-0.2, -0.15) is 4.80 Å². The van der Waals surface area contributed by atoms with Crippen molar-refractivity contribution in [1.29, 1.82) is 0 Å². The number of carbonyl (C=O) groups excluding carboxylic acids is 1. The molecule has 0 unspecified atom stereocenters. The predicted octanol–water partition coefficient (Wildman–Crippen LogP) is 4.46. The molecular weight excluding hydrogens is 386 g/mol. The Morgan fingerprint density at radius 1 is 1.14 bits per heavy atom. The van der Waals surface area contributed by atoms with Crippen molar-refractivity contribution in [2.75, 3.05) is 0 Å². The SMILES string of the molecule is CC(C)c1ccc(-c2nnn(CC(C)(C)C(=O)NCc3ccccc3Cl)n2)cc1. The zero-order valence-electron chi connectivity index (χ0n) is 17.2. The molecule has 0 aliphatic rings. The van der Waals surface area contributed by atoms with Crippen LogP contribution in [-0.2, 0) is 17.9 Å². The molecule has 2 aromatic carbocycles. The molecule has 7 heteroatoms. The first-order valence-electron chi connectivity index (χ1n) is 9.66. The maximum absolute atomic E-state index is 12.7. The topological polar surface area (TPSA) is 72.7 Å². The van der Waals surface area contributed by atoms with Gasteiger partial charge in [0.2, 0.25) is 11.7 Å². The average molecular weight is 412 g/mol. The molecule has 3 aromatic rings. The molecular formula is C22H26ClN5O. The molecule has 0 bridgehead atoms. The minimum absolute atomic E-state index is 0.0995. The van der Waals surface area contributed by atoms with Crippen molar-refractivity contribution in [2.24, 2.45) is 5.41 Å². The molecule has 6 nitrogen and oxygen atoms in total. The Kier molecular flexibility index (Phi) is 6.33. The first-order chi connectivity index (χ1) is 13.8. The van der Waals surface area contributed by atoms with Gasteiger partial charge in [-0.3, -0.25) is 4.79 Å². The summed E-state index contributed by atoms with van der Waals surface area (Å²) in [5, 5.41) is 16.3. The van der Waals surface area contributed by atoms with Crippen molar-refractivity contribution in [3.63, 3.8) is 0 Å². The van der Waals surface area contributed by atoms with E-state index in [1.807, 2.05) is 50.2 Å². The summed E-state index contributed by atoms with van der Waals surface area (Å²) in [6.45, 7) is 8.72.